The van der Waals surface area contributed by atoms with Gasteiger partial charge in [-0.25, -0.2) is 15.0 Å². The van der Waals surface area contributed by atoms with Gasteiger partial charge in [0.2, 0.25) is 0 Å². The van der Waals surface area contributed by atoms with Crippen LogP contribution in [0.4, 0.5) is 5.82 Å². The Labute approximate surface area is 532 Å². The van der Waals surface area contributed by atoms with Gasteiger partial charge in [-0.2, -0.15) is 0 Å². The van der Waals surface area contributed by atoms with Crippen molar-refractivity contribution in [1.82, 2.24) is 19.5 Å². The molecule has 2 aromatic heterocycles. The summed E-state index contributed by atoms with van der Waals surface area (Å²) in [5, 5.41) is 4.74. The van der Waals surface area contributed by atoms with E-state index in [9.17, 15) is 4.79 Å². The van der Waals surface area contributed by atoms with Crippen molar-refractivity contribution in [2.45, 2.75) is 43.1 Å². The van der Waals surface area contributed by atoms with Crippen molar-refractivity contribution < 1.29 is 37.7 Å². The van der Waals surface area contributed by atoms with E-state index in [1.54, 1.807) is 39.8 Å². The highest BCUT2D eigenvalue weighted by Crippen LogP contribution is 2.61. The standard InChI is InChI=1S/C77H73N5O8Si/c1-74(2,3)91(65-33-21-11-22-34-65,66-35-23-12-24-36-66)90-50-68-70(82-54-80-69-71(78-53-79-72(69)82)81-73(84)55-25-13-7-14-26-55)67(49-88-76(56-27-15-8-16-28-56,57-29-17-9-18-30-57)59-37-43-62(85-4)44-38-59)75(68,51-83)52-89-77(58-31-19-10-20-32-58,60-39-45-63(86-5)46-40-60)61-41-47-64(87-6)48-42-61/h7-48,51,53-54,67-68,70H,49-50,52H2,1-6H3,(H,78,79,81,84)/t67-,68+,70-,75+/m0/s1. The fourth-order valence-electron chi connectivity index (χ4n) is 13.7. The first kappa shape index (κ1) is 61.4. The van der Waals surface area contributed by atoms with Gasteiger partial charge >= 0.3 is 0 Å². The smallest absolute Gasteiger partial charge is 0.261 e. The van der Waals surface area contributed by atoms with Gasteiger partial charge in [-0.15, -0.1) is 0 Å². The number of carbonyl (C=O) groups excluding carboxylic acids is 2. The SMILES string of the molecule is COc1ccc(C(OC[C@H]2[C@H](n3cnc4c(NC(=O)c5ccccc5)ncnc43)[C@@H](CO[Si](c3ccccc3)(c3ccccc3)C(C)(C)C)[C@]2(C=O)COC(c2ccccc2)(c2ccc(OC)cc2)c2ccc(OC)cc2)(c2ccccc2)c2ccccc2)cc1. The number of benzene rings is 9. The Kier molecular flexibility index (Phi) is 17.8. The van der Waals surface area contributed by atoms with Gasteiger partial charge in [0.05, 0.1) is 46.3 Å². The van der Waals surface area contributed by atoms with Gasteiger partial charge < -0.3 is 42.8 Å². The predicted molar refractivity (Wildman–Crippen MR) is 358 cm³/mol. The lowest BCUT2D eigenvalue weighted by Crippen LogP contribution is -2.69. The van der Waals surface area contributed by atoms with Crippen LogP contribution in [0.5, 0.6) is 17.2 Å². The molecule has 1 amide bonds. The number of ether oxygens (including phenoxy) is 5. The van der Waals surface area contributed by atoms with Crippen LogP contribution in [0.15, 0.2) is 267 Å². The number of hydrogen-bond acceptors (Lipinski definition) is 11. The molecular weight excluding hydrogens is 1150 g/mol. The second kappa shape index (κ2) is 26.3. The van der Waals surface area contributed by atoms with E-state index in [-0.39, 0.29) is 31.5 Å². The molecule has 458 valence electrons. The third kappa shape index (κ3) is 11.3. The van der Waals surface area contributed by atoms with Crippen molar-refractivity contribution in [2.75, 3.05) is 46.5 Å². The van der Waals surface area contributed by atoms with Gasteiger partial charge in [0, 0.05) is 30.0 Å². The normalized spacial score (nSPS) is 16.7. The number of aromatic nitrogens is 4. The number of rotatable bonds is 24. The van der Waals surface area contributed by atoms with Crippen LogP contribution in [-0.4, -0.2) is 81.2 Å². The van der Waals surface area contributed by atoms with Crippen molar-refractivity contribution in [3.63, 3.8) is 0 Å². The van der Waals surface area contributed by atoms with Crippen LogP contribution in [0.25, 0.3) is 11.2 Å². The second-order valence-electron chi connectivity index (χ2n) is 24.0. The van der Waals surface area contributed by atoms with E-state index in [4.69, 9.17) is 38.1 Å². The number of carbonyl (C=O) groups is 2. The first-order valence-corrected chi connectivity index (χ1v) is 32.5. The minimum Gasteiger partial charge on any atom is -0.497 e. The summed E-state index contributed by atoms with van der Waals surface area (Å²) in [5.74, 6) is 0.486. The average molecular weight is 1220 g/mol. The summed E-state index contributed by atoms with van der Waals surface area (Å²) in [5.41, 5.74) is 2.19. The van der Waals surface area contributed by atoms with Crippen LogP contribution >= 0.6 is 0 Å². The van der Waals surface area contributed by atoms with E-state index in [0.717, 1.165) is 50.0 Å². The molecule has 4 atom stereocenters. The highest BCUT2D eigenvalue weighted by molar-refractivity contribution is 6.99. The number of anilines is 1. The predicted octanol–water partition coefficient (Wildman–Crippen LogP) is 13.7. The lowest BCUT2D eigenvalue weighted by Gasteiger charge is -2.60. The summed E-state index contributed by atoms with van der Waals surface area (Å²) in [6.07, 6.45) is 4.27. The van der Waals surface area contributed by atoms with Gasteiger partial charge in [0.15, 0.2) is 17.0 Å². The van der Waals surface area contributed by atoms with Crippen LogP contribution in [0.1, 0.15) is 70.6 Å². The van der Waals surface area contributed by atoms with Gasteiger partial charge in [0.25, 0.3) is 14.2 Å². The molecule has 1 fully saturated rings. The second-order valence-corrected chi connectivity index (χ2v) is 28.3. The molecule has 0 saturated heterocycles. The zero-order valence-corrected chi connectivity index (χ0v) is 52.9. The number of aldehydes is 1. The van der Waals surface area contributed by atoms with Crippen LogP contribution in [-0.2, 0) is 29.9 Å². The van der Waals surface area contributed by atoms with E-state index >= 15 is 4.79 Å². The Morgan fingerprint density at radius 1 is 0.505 bits per heavy atom. The van der Waals surface area contributed by atoms with Crippen LogP contribution < -0.4 is 29.9 Å². The van der Waals surface area contributed by atoms with E-state index in [0.29, 0.717) is 34.0 Å². The van der Waals surface area contributed by atoms with Crippen molar-refractivity contribution in [2.24, 2.45) is 17.3 Å². The summed E-state index contributed by atoms with van der Waals surface area (Å²) in [7, 11) is 1.58. The lowest BCUT2D eigenvalue weighted by molar-refractivity contribution is -0.201. The van der Waals surface area contributed by atoms with Crippen LogP contribution in [0, 0.1) is 17.3 Å². The molecule has 91 heavy (non-hydrogen) atoms. The summed E-state index contributed by atoms with van der Waals surface area (Å²) >= 11 is 0. The lowest BCUT2D eigenvalue weighted by atomic mass is 9.50. The van der Waals surface area contributed by atoms with Crippen molar-refractivity contribution in [3.05, 3.63) is 306 Å². The fourth-order valence-corrected chi connectivity index (χ4v) is 18.3. The van der Waals surface area contributed by atoms with E-state index in [1.165, 1.54) is 6.33 Å². The Morgan fingerprint density at radius 2 is 0.901 bits per heavy atom. The molecule has 0 radical (unpaired) electrons. The first-order valence-electron chi connectivity index (χ1n) is 30.6. The molecule has 11 aromatic rings. The molecule has 0 unspecified atom stereocenters. The Morgan fingerprint density at radius 3 is 1.32 bits per heavy atom. The zero-order valence-electron chi connectivity index (χ0n) is 51.9. The van der Waals surface area contributed by atoms with Crippen molar-refractivity contribution in [1.29, 1.82) is 0 Å². The minimum absolute atomic E-state index is 0.0237. The number of nitrogens with zero attached hydrogens (tertiary/aromatic N) is 4. The summed E-state index contributed by atoms with van der Waals surface area (Å²) in [6.45, 7) is 6.65. The summed E-state index contributed by atoms with van der Waals surface area (Å²) in [6, 6.07) is 83.6. The molecule has 9 aromatic carbocycles. The molecule has 0 spiro atoms. The number of amides is 1. The monoisotopic (exact) mass is 1220 g/mol. The maximum atomic E-state index is 15.9. The van der Waals surface area contributed by atoms with Crippen LogP contribution in [0.3, 0.4) is 0 Å². The maximum absolute atomic E-state index is 15.9. The average Bonchev–Trinajstić information content (AvgIpc) is 1.62. The molecule has 1 saturated carbocycles. The minimum atomic E-state index is -3.36. The molecule has 0 bridgehead atoms. The molecule has 14 heteroatoms. The van der Waals surface area contributed by atoms with E-state index in [2.05, 4.69) is 116 Å². The van der Waals surface area contributed by atoms with Gasteiger partial charge in [-0.3, -0.25) is 4.79 Å². The maximum Gasteiger partial charge on any atom is 0.261 e. The number of hydrogen-bond donors (Lipinski definition) is 1. The molecule has 12 rings (SSSR count). The summed E-state index contributed by atoms with van der Waals surface area (Å²) < 4.78 is 43.4. The van der Waals surface area contributed by atoms with Gasteiger partial charge in [-0.1, -0.05) is 227 Å². The van der Waals surface area contributed by atoms with E-state index < -0.39 is 47.9 Å². The fraction of sp³-hybridized carbons (Fsp3) is 0.208. The highest BCUT2D eigenvalue weighted by Gasteiger charge is 2.66. The molecular formula is C77H73N5O8Si. The highest BCUT2D eigenvalue weighted by atomic mass is 28.4. The van der Waals surface area contributed by atoms with Crippen molar-refractivity contribution in [3.8, 4) is 17.2 Å². The number of imidazole rings is 1. The topological polar surface area (TPSA) is 145 Å². The Hall–Kier alpha value is -9.83. The summed E-state index contributed by atoms with van der Waals surface area (Å²) in [4.78, 5) is 44.5. The number of methoxy groups -OCH3 is 3. The van der Waals surface area contributed by atoms with Gasteiger partial charge in [0.1, 0.15) is 41.1 Å². The Balaban J connectivity index is 1.10. The van der Waals surface area contributed by atoms with Crippen molar-refractivity contribution >= 4 is 47.9 Å². The van der Waals surface area contributed by atoms with Gasteiger partial charge in [-0.05, 0) is 97.3 Å². The third-order valence-corrected chi connectivity index (χ3v) is 23.3. The number of fused-ring (bicyclic) bond motifs is 1. The Bertz CT molecular complexity index is 4070. The number of nitrogens with one attached hydrogen (secondary N) is 1. The molecule has 1 aliphatic carbocycles. The first-order chi connectivity index (χ1) is 44.4. The van der Waals surface area contributed by atoms with Crippen LogP contribution in [0.2, 0.25) is 5.04 Å². The molecule has 2 heterocycles. The zero-order chi connectivity index (χ0) is 63.1. The molecule has 1 aliphatic rings. The molecule has 13 nitrogen and oxygen atoms in total. The van der Waals surface area contributed by atoms with E-state index in [1.807, 2.05) is 162 Å². The largest absolute Gasteiger partial charge is 0.497 e. The quantitative estimate of drug-likeness (QED) is 0.0350. The molecule has 1 N–H and O–H groups in total. The third-order valence-electron chi connectivity index (χ3n) is 18.3. The molecule has 0 aliphatic heterocycles.